The standard InChI is InChI=1S/C44H40N2/c1-43(2,3)31-21-24-37-36-23-20-30(26-41(36)46(42(37)28-31)34-16-10-7-11-17-34)29-44(4,5)32-22-25-40-38(27-32)35-18-12-13-19-39(35)45(40)33-14-8-6-9-15-33/h6-28H,29H2,1-5H3. The Morgan fingerprint density at radius 3 is 1.61 bits per heavy atom. The summed E-state index contributed by atoms with van der Waals surface area (Å²) in [6.45, 7) is 11.6. The Kier molecular flexibility index (Phi) is 6.48. The normalized spacial score (nSPS) is 12.5. The number of hydrogen-bond donors (Lipinski definition) is 0. The number of fused-ring (bicyclic) bond motifs is 6. The van der Waals surface area contributed by atoms with E-state index >= 15 is 0 Å². The second-order valence-electron chi connectivity index (χ2n) is 14.5. The fraction of sp³-hybridized carbons (Fsp3) is 0.182. The Hall–Kier alpha value is -5.08. The quantitative estimate of drug-likeness (QED) is 0.187. The molecule has 2 aromatic heterocycles. The Morgan fingerprint density at radius 1 is 0.413 bits per heavy atom. The highest BCUT2D eigenvalue weighted by Crippen LogP contribution is 2.39. The van der Waals surface area contributed by atoms with Crippen LogP contribution in [0.5, 0.6) is 0 Å². The number of aromatic nitrogens is 2. The minimum Gasteiger partial charge on any atom is -0.309 e. The predicted octanol–water partition coefficient (Wildman–Crippen LogP) is 11.7. The van der Waals surface area contributed by atoms with Crippen molar-refractivity contribution in [1.29, 1.82) is 0 Å². The van der Waals surface area contributed by atoms with Gasteiger partial charge in [-0.25, -0.2) is 0 Å². The van der Waals surface area contributed by atoms with Crippen molar-refractivity contribution in [3.8, 4) is 11.4 Å². The lowest BCUT2D eigenvalue weighted by atomic mass is 9.78. The molecule has 2 heteroatoms. The van der Waals surface area contributed by atoms with E-state index in [9.17, 15) is 0 Å². The average molecular weight is 597 g/mol. The molecule has 0 spiro atoms. The molecule has 0 saturated carbocycles. The van der Waals surface area contributed by atoms with Gasteiger partial charge in [0.05, 0.1) is 22.1 Å². The van der Waals surface area contributed by atoms with Crippen LogP contribution in [0.4, 0.5) is 0 Å². The zero-order valence-corrected chi connectivity index (χ0v) is 27.4. The number of para-hydroxylation sites is 3. The van der Waals surface area contributed by atoms with Gasteiger partial charge in [0.15, 0.2) is 0 Å². The summed E-state index contributed by atoms with van der Waals surface area (Å²) in [7, 11) is 0. The third kappa shape index (κ3) is 4.63. The molecule has 6 aromatic carbocycles. The molecule has 0 aliphatic heterocycles. The first kappa shape index (κ1) is 28.4. The minimum atomic E-state index is -0.0686. The minimum absolute atomic E-state index is 0.0686. The monoisotopic (exact) mass is 596 g/mol. The van der Waals surface area contributed by atoms with Crippen LogP contribution in [0.15, 0.2) is 140 Å². The Bertz CT molecular complexity index is 2380. The molecule has 0 unspecified atom stereocenters. The lowest BCUT2D eigenvalue weighted by molar-refractivity contribution is 0.523. The molecular formula is C44H40N2. The predicted molar refractivity (Wildman–Crippen MR) is 197 cm³/mol. The highest BCUT2D eigenvalue weighted by molar-refractivity contribution is 6.10. The summed E-state index contributed by atoms with van der Waals surface area (Å²) < 4.78 is 4.85. The lowest BCUT2D eigenvalue weighted by Crippen LogP contribution is -2.20. The van der Waals surface area contributed by atoms with Crippen LogP contribution in [0.2, 0.25) is 0 Å². The van der Waals surface area contributed by atoms with Crippen LogP contribution in [0, 0.1) is 0 Å². The summed E-state index contributed by atoms with van der Waals surface area (Å²) in [6, 6.07) is 51.5. The summed E-state index contributed by atoms with van der Waals surface area (Å²) in [4.78, 5) is 0. The van der Waals surface area contributed by atoms with Gasteiger partial charge in [-0.15, -0.1) is 0 Å². The highest BCUT2D eigenvalue weighted by atomic mass is 15.0. The van der Waals surface area contributed by atoms with Gasteiger partial charge in [0.2, 0.25) is 0 Å². The van der Waals surface area contributed by atoms with Crippen LogP contribution < -0.4 is 0 Å². The van der Waals surface area contributed by atoms with Crippen LogP contribution >= 0.6 is 0 Å². The van der Waals surface area contributed by atoms with Crippen LogP contribution in [0.3, 0.4) is 0 Å². The van der Waals surface area contributed by atoms with Crippen molar-refractivity contribution in [2.45, 2.75) is 51.9 Å². The molecule has 0 atom stereocenters. The SMILES string of the molecule is CC(C)(C)c1ccc2c3ccc(CC(C)(C)c4ccc5c(c4)c4ccccc4n5-c4ccccc4)cc3n(-c3ccccc3)c2c1. The molecule has 0 aliphatic carbocycles. The summed E-state index contributed by atoms with van der Waals surface area (Å²) in [6.07, 6.45) is 0.940. The third-order valence-corrected chi connectivity index (χ3v) is 9.83. The van der Waals surface area contributed by atoms with E-state index in [0.717, 1.165) is 6.42 Å². The van der Waals surface area contributed by atoms with Crippen LogP contribution in [-0.4, -0.2) is 9.13 Å². The van der Waals surface area contributed by atoms with E-state index in [4.69, 9.17) is 0 Å². The highest BCUT2D eigenvalue weighted by Gasteiger charge is 2.24. The fourth-order valence-electron chi connectivity index (χ4n) is 7.36. The topological polar surface area (TPSA) is 9.86 Å². The van der Waals surface area contributed by atoms with E-state index in [1.807, 2.05) is 0 Å². The molecule has 0 bridgehead atoms. The molecular weight excluding hydrogens is 556 g/mol. The largest absolute Gasteiger partial charge is 0.309 e. The van der Waals surface area contributed by atoms with Crippen molar-refractivity contribution in [2.24, 2.45) is 0 Å². The molecule has 0 N–H and O–H groups in total. The van der Waals surface area contributed by atoms with E-state index in [1.54, 1.807) is 0 Å². The molecule has 46 heavy (non-hydrogen) atoms. The zero-order chi connectivity index (χ0) is 31.6. The first-order valence-electron chi connectivity index (χ1n) is 16.4. The Morgan fingerprint density at radius 2 is 0.935 bits per heavy atom. The van der Waals surface area contributed by atoms with E-state index < -0.39 is 0 Å². The van der Waals surface area contributed by atoms with Crippen molar-refractivity contribution in [3.63, 3.8) is 0 Å². The van der Waals surface area contributed by atoms with Gasteiger partial charge < -0.3 is 9.13 Å². The second kappa shape index (κ2) is 10.5. The summed E-state index contributed by atoms with van der Waals surface area (Å²) in [5, 5.41) is 5.20. The Labute approximate surface area is 271 Å². The fourth-order valence-corrected chi connectivity index (χ4v) is 7.36. The van der Waals surface area contributed by atoms with Gasteiger partial charge in [0.25, 0.3) is 0 Å². The Balaban J connectivity index is 1.25. The van der Waals surface area contributed by atoms with Crippen LogP contribution in [-0.2, 0) is 17.3 Å². The maximum Gasteiger partial charge on any atom is 0.0544 e. The van der Waals surface area contributed by atoms with Gasteiger partial charge in [-0.2, -0.15) is 0 Å². The maximum atomic E-state index is 2.46. The smallest absolute Gasteiger partial charge is 0.0544 e. The van der Waals surface area contributed by atoms with Crippen molar-refractivity contribution in [3.05, 3.63) is 156 Å². The van der Waals surface area contributed by atoms with E-state index in [1.165, 1.54) is 71.7 Å². The number of nitrogens with zero attached hydrogens (tertiary/aromatic N) is 2. The molecule has 226 valence electrons. The molecule has 0 aliphatic rings. The molecule has 8 aromatic rings. The van der Waals surface area contributed by atoms with Crippen LogP contribution in [0.1, 0.15) is 51.3 Å². The molecule has 0 fully saturated rings. The van der Waals surface area contributed by atoms with Crippen LogP contribution in [0.25, 0.3) is 55.0 Å². The van der Waals surface area contributed by atoms with Crippen molar-refractivity contribution >= 4 is 43.6 Å². The van der Waals surface area contributed by atoms with Crippen molar-refractivity contribution in [2.75, 3.05) is 0 Å². The van der Waals surface area contributed by atoms with Gasteiger partial charge in [-0.1, -0.05) is 120 Å². The second-order valence-corrected chi connectivity index (χ2v) is 14.5. The number of rotatable bonds is 5. The molecule has 2 nitrogen and oxygen atoms in total. The van der Waals surface area contributed by atoms with Crippen molar-refractivity contribution in [1.82, 2.24) is 9.13 Å². The first-order valence-corrected chi connectivity index (χ1v) is 16.4. The van der Waals surface area contributed by atoms with Gasteiger partial charge >= 0.3 is 0 Å². The lowest BCUT2D eigenvalue weighted by Gasteiger charge is -2.26. The van der Waals surface area contributed by atoms with E-state index in [0.29, 0.717) is 0 Å². The maximum absolute atomic E-state index is 2.46. The van der Waals surface area contributed by atoms with Gasteiger partial charge in [0, 0.05) is 32.9 Å². The zero-order valence-electron chi connectivity index (χ0n) is 27.4. The molecule has 8 rings (SSSR count). The first-order chi connectivity index (χ1) is 22.2. The van der Waals surface area contributed by atoms with E-state index in [2.05, 4.69) is 183 Å². The molecule has 0 saturated heterocycles. The summed E-state index contributed by atoms with van der Waals surface area (Å²) in [5.74, 6) is 0. The number of hydrogen-bond acceptors (Lipinski definition) is 0. The summed E-state index contributed by atoms with van der Waals surface area (Å²) >= 11 is 0. The van der Waals surface area contributed by atoms with Crippen molar-refractivity contribution < 1.29 is 0 Å². The average Bonchev–Trinajstić information content (AvgIpc) is 3.56. The summed E-state index contributed by atoms with van der Waals surface area (Å²) in [5.41, 5.74) is 11.5. The van der Waals surface area contributed by atoms with Gasteiger partial charge in [-0.05, 0) is 88.5 Å². The van der Waals surface area contributed by atoms with Gasteiger partial charge in [-0.3, -0.25) is 0 Å². The van der Waals surface area contributed by atoms with E-state index in [-0.39, 0.29) is 10.8 Å². The molecule has 0 radical (unpaired) electrons. The number of benzene rings is 6. The third-order valence-electron chi connectivity index (χ3n) is 9.83. The molecule has 2 heterocycles. The van der Waals surface area contributed by atoms with Gasteiger partial charge in [0.1, 0.15) is 0 Å². The molecule has 0 amide bonds.